The van der Waals surface area contributed by atoms with Gasteiger partial charge in [0, 0.05) is 5.75 Å². The lowest BCUT2D eigenvalue weighted by molar-refractivity contribution is -0.753. The van der Waals surface area contributed by atoms with E-state index in [1.54, 1.807) is 19.1 Å². The molecule has 0 aliphatic rings. The highest BCUT2D eigenvalue weighted by atomic mass is 32.2. The first-order valence-electron chi connectivity index (χ1n) is 7.85. The third-order valence-electron chi connectivity index (χ3n) is 3.45. The van der Waals surface area contributed by atoms with E-state index in [9.17, 15) is 15.6 Å². The largest absolute Gasteiger partial charge is 0.861 e. The predicted octanol–water partition coefficient (Wildman–Crippen LogP) is 0.186. The highest BCUT2D eigenvalue weighted by Gasteiger charge is 2.21. The van der Waals surface area contributed by atoms with Crippen molar-refractivity contribution < 1.29 is 14.4 Å². The van der Waals surface area contributed by atoms with Gasteiger partial charge in [0.05, 0.1) is 30.0 Å². The van der Waals surface area contributed by atoms with Crippen molar-refractivity contribution in [1.29, 1.82) is 10.5 Å². The highest BCUT2D eigenvalue weighted by Crippen LogP contribution is 2.32. The van der Waals surface area contributed by atoms with Gasteiger partial charge in [-0.3, -0.25) is 4.52 Å². The molecule has 2 aromatic heterocycles. The fraction of sp³-hybridized carbons (Fsp3) is 0.375. The minimum atomic E-state index is -0.484. The minimum Gasteiger partial charge on any atom is -0.861 e. The topological polar surface area (TPSA) is 155 Å². The van der Waals surface area contributed by atoms with Crippen molar-refractivity contribution in [2.24, 2.45) is 4.99 Å². The van der Waals surface area contributed by atoms with Crippen LogP contribution in [0.1, 0.15) is 36.5 Å². The number of aromatic nitrogens is 3. The van der Waals surface area contributed by atoms with E-state index in [1.165, 1.54) is 11.0 Å². The molecule has 2 aromatic rings. The van der Waals surface area contributed by atoms with Gasteiger partial charge in [0.25, 0.3) is 6.20 Å². The first-order valence-corrected chi connectivity index (χ1v) is 8.84. The van der Waals surface area contributed by atoms with E-state index >= 15 is 0 Å². The van der Waals surface area contributed by atoms with E-state index in [4.69, 9.17) is 10.3 Å². The summed E-state index contributed by atoms with van der Waals surface area (Å²) in [5.41, 5.74) is 6.83. The van der Waals surface area contributed by atoms with E-state index < -0.39 is 5.90 Å². The fourth-order valence-corrected chi connectivity index (χ4v) is 3.05. The van der Waals surface area contributed by atoms with Crippen LogP contribution in [0.3, 0.4) is 0 Å². The monoisotopic (exact) mass is 386 g/mol. The number of hydrogen-bond acceptors (Lipinski definition) is 10. The smallest absolute Gasteiger partial charge is 0.324 e. The summed E-state index contributed by atoms with van der Waals surface area (Å²) in [5.74, 6) is -0.566. The fourth-order valence-electron chi connectivity index (χ4n) is 2.26. The maximum absolute atomic E-state index is 12.1. The van der Waals surface area contributed by atoms with E-state index in [2.05, 4.69) is 21.3 Å². The number of anilines is 1. The normalized spacial score (nSPS) is 11.3. The second-order valence-corrected chi connectivity index (χ2v) is 6.91. The van der Waals surface area contributed by atoms with Crippen molar-refractivity contribution in [3.8, 4) is 12.1 Å². The van der Waals surface area contributed by atoms with E-state index in [0.717, 1.165) is 11.8 Å². The number of thioether (sulfide) groups is 1. The van der Waals surface area contributed by atoms with Crippen LogP contribution in [0.5, 0.6) is 0 Å². The van der Waals surface area contributed by atoms with Gasteiger partial charge in [0.2, 0.25) is 5.27 Å². The second-order valence-electron chi connectivity index (χ2n) is 5.95. The molecule has 2 rings (SSSR count). The molecule has 10 nitrogen and oxygen atoms in total. The second kappa shape index (κ2) is 8.38. The van der Waals surface area contributed by atoms with Gasteiger partial charge in [-0.25, -0.2) is 9.98 Å². The average Bonchev–Trinajstić information content (AvgIpc) is 3.07. The number of nitrogens with two attached hydrogens (primary N) is 1. The lowest BCUT2D eigenvalue weighted by Gasteiger charge is -2.16. The maximum Gasteiger partial charge on any atom is 0.324 e. The van der Waals surface area contributed by atoms with Crippen LogP contribution < -0.4 is 20.6 Å². The van der Waals surface area contributed by atoms with Gasteiger partial charge in [0.1, 0.15) is 23.0 Å². The Morgan fingerprint density at radius 3 is 2.59 bits per heavy atom. The molecular formula is C16H18N8O2S. The summed E-state index contributed by atoms with van der Waals surface area (Å²) in [6, 6.07) is 4.06. The Kier molecular flexibility index (Phi) is 6.21. The van der Waals surface area contributed by atoms with Crippen molar-refractivity contribution in [2.75, 3.05) is 30.6 Å². The molecule has 27 heavy (non-hydrogen) atoms. The van der Waals surface area contributed by atoms with Crippen molar-refractivity contribution in [3.63, 3.8) is 0 Å². The van der Waals surface area contributed by atoms with E-state index in [1.807, 2.05) is 19.9 Å². The van der Waals surface area contributed by atoms with Crippen LogP contribution in [-0.2, 0) is 0 Å². The summed E-state index contributed by atoms with van der Waals surface area (Å²) in [7, 11) is 3.50. The summed E-state index contributed by atoms with van der Waals surface area (Å²) in [5, 5.41) is 36.5. The molecule has 0 aliphatic carbocycles. The maximum atomic E-state index is 12.1. The average molecular weight is 386 g/mol. The number of nitrogen functional groups attached to an aromatic ring is 1. The van der Waals surface area contributed by atoms with Crippen molar-refractivity contribution in [3.05, 3.63) is 22.9 Å². The summed E-state index contributed by atoms with van der Waals surface area (Å²) >= 11 is 1.03. The van der Waals surface area contributed by atoms with Crippen LogP contribution in [0.4, 0.5) is 11.7 Å². The Bertz CT molecular complexity index is 953. The molecular weight excluding hydrogens is 368 g/mol. The van der Waals surface area contributed by atoms with Crippen LogP contribution in [0.2, 0.25) is 0 Å². The van der Waals surface area contributed by atoms with Gasteiger partial charge in [0.15, 0.2) is 0 Å². The zero-order valence-corrected chi connectivity index (χ0v) is 16.1. The molecule has 0 amide bonds. The van der Waals surface area contributed by atoms with Gasteiger partial charge in [-0.1, -0.05) is 25.6 Å². The summed E-state index contributed by atoms with van der Waals surface area (Å²) in [6.07, 6.45) is 1.46. The molecule has 140 valence electrons. The Morgan fingerprint density at radius 1 is 1.41 bits per heavy atom. The molecule has 0 saturated heterocycles. The number of aliphatic imine (C=N–C) groups is 1. The molecule has 0 unspecified atom stereocenters. The molecule has 2 heterocycles. The molecule has 0 fully saturated rings. The molecule has 0 aliphatic heterocycles. The lowest BCUT2D eigenvalue weighted by atomic mass is 9.94. The number of nitrogens with zero attached hydrogens (tertiary/aromatic N) is 7. The number of pyridine rings is 1. The molecule has 0 aromatic carbocycles. The van der Waals surface area contributed by atoms with Crippen molar-refractivity contribution in [1.82, 2.24) is 10.3 Å². The lowest BCUT2D eigenvalue weighted by Crippen LogP contribution is -2.53. The standard InChI is InChI=1S/C16H18N8O2S/c1-9(2)14-10(5-17)15(19)21-16(11(14)6-18)27-8-12(25)20-13-7-24(22-26-13)23(3)4/h7,9H,8H2,1-4H3,(H2-,19,20,21,22,25). The van der Waals surface area contributed by atoms with Crippen LogP contribution in [-0.4, -0.2) is 36.0 Å². The highest BCUT2D eigenvalue weighted by molar-refractivity contribution is 7.99. The number of rotatable bonds is 6. The zero-order valence-electron chi connectivity index (χ0n) is 15.3. The molecule has 0 saturated carbocycles. The first-order chi connectivity index (χ1) is 12.8. The van der Waals surface area contributed by atoms with Crippen molar-refractivity contribution >= 4 is 29.4 Å². The molecule has 0 atom stereocenters. The summed E-state index contributed by atoms with van der Waals surface area (Å²) < 4.78 is 4.94. The zero-order chi connectivity index (χ0) is 20.1. The predicted molar refractivity (Wildman–Crippen MR) is 96.8 cm³/mol. The van der Waals surface area contributed by atoms with E-state index in [0.29, 0.717) is 10.6 Å². The number of nitriles is 2. The molecule has 0 bridgehead atoms. The van der Waals surface area contributed by atoms with Crippen LogP contribution in [0.15, 0.2) is 20.7 Å². The summed E-state index contributed by atoms with van der Waals surface area (Å²) in [6.45, 7) is 3.71. The third-order valence-corrected chi connectivity index (χ3v) is 4.41. The van der Waals surface area contributed by atoms with Crippen LogP contribution >= 0.6 is 11.8 Å². The minimum absolute atomic E-state index is 0.0364. The van der Waals surface area contributed by atoms with Gasteiger partial charge < -0.3 is 10.8 Å². The van der Waals surface area contributed by atoms with Gasteiger partial charge >= 0.3 is 5.88 Å². The number of hydrogen-bond donors (Lipinski definition) is 1. The van der Waals surface area contributed by atoms with Gasteiger partial charge in [-0.2, -0.15) is 15.5 Å². The van der Waals surface area contributed by atoms with Crippen molar-refractivity contribution in [2.45, 2.75) is 24.8 Å². The molecule has 2 N–H and O–H groups in total. The summed E-state index contributed by atoms with van der Waals surface area (Å²) in [4.78, 5) is 9.31. The Morgan fingerprint density at radius 2 is 2.07 bits per heavy atom. The van der Waals surface area contributed by atoms with Crippen LogP contribution in [0, 0.1) is 22.7 Å². The van der Waals surface area contributed by atoms with Gasteiger partial charge in [-0.15, -0.1) is 0 Å². The molecule has 0 radical (unpaired) electrons. The van der Waals surface area contributed by atoms with E-state index in [-0.39, 0.29) is 34.5 Å². The molecule has 0 spiro atoms. The third kappa shape index (κ3) is 4.46. The Balaban J connectivity index is 2.28. The Labute approximate surface area is 160 Å². The SMILES string of the molecule is CC(C)c1c(C#N)c(N)nc(SC/C([O-])=N\c2c[n+](N(C)C)no2)c1C#N. The van der Waals surface area contributed by atoms with Gasteiger partial charge in [-0.05, 0) is 17.4 Å². The molecule has 11 heteroatoms. The quantitative estimate of drug-likeness (QED) is 0.317. The van der Waals surface area contributed by atoms with Crippen LogP contribution in [0.25, 0.3) is 0 Å². The Hall–Kier alpha value is -3.31. The first kappa shape index (κ1) is 20.0.